The van der Waals surface area contributed by atoms with Gasteiger partial charge < -0.3 is 10.1 Å². The number of nitrogens with one attached hydrogen (secondary N) is 2. The van der Waals surface area contributed by atoms with Crippen LogP contribution in [0.4, 0.5) is 0 Å². The average Bonchev–Trinajstić information content (AvgIpc) is 2.54. The Labute approximate surface area is 134 Å². The third-order valence-corrected chi connectivity index (χ3v) is 3.14. The Morgan fingerprint density at radius 3 is 2.57 bits per heavy atom. The molecule has 0 bridgehead atoms. The number of rotatable bonds is 4. The van der Waals surface area contributed by atoms with E-state index < -0.39 is 11.8 Å². The smallest absolute Gasteiger partial charge is 0.329 e. The van der Waals surface area contributed by atoms with E-state index in [2.05, 4.69) is 15.8 Å². The molecule has 0 aliphatic carbocycles. The van der Waals surface area contributed by atoms with Gasteiger partial charge in [0.15, 0.2) is 0 Å². The zero-order valence-electron chi connectivity index (χ0n) is 13.3. The van der Waals surface area contributed by atoms with Crippen LogP contribution in [0.5, 0.6) is 5.75 Å². The monoisotopic (exact) mass is 313 g/mol. The van der Waals surface area contributed by atoms with Gasteiger partial charge in [0.25, 0.3) is 0 Å². The van der Waals surface area contributed by atoms with Crippen molar-refractivity contribution < 1.29 is 14.3 Å². The van der Waals surface area contributed by atoms with Crippen LogP contribution in [0.3, 0.4) is 0 Å². The van der Waals surface area contributed by atoms with Crippen molar-refractivity contribution in [1.29, 1.82) is 0 Å². The lowest BCUT2D eigenvalue weighted by atomic mass is 10.0. The standard InChI is InChI=1S/C17H19N3O3/c1-11(2)19-16(21)17(22)20-18-10-14-13-7-5-4-6-12(13)8-9-15(14)23-3/h4-11H,1-3H3,(H,19,21)(H,20,22)/b18-10-. The molecule has 0 aliphatic heterocycles. The van der Waals surface area contributed by atoms with Gasteiger partial charge in [0, 0.05) is 11.6 Å². The second-order valence-corrected chi connectivity index (χ2v) is 5.23. The highest BCUT2D eigenvalue weighted by molar-refractivity contribution is 6.35. The second kappa shape index (κ2) is 7.40. The maximum Gasteiger partial charge on any atom is 0.329 e. The van der Waals surface area contributed by atoms with E-state index in [0.29, 0.717) is 5.75 Å². The van der Waals surface area contributed by atoms with Crippen LogP contribution >= 0.6 is 0 Å². The van der Waals surface area contributed by atoms with Gasteiger partial charge in [0.2, 0.25) is 0 Å². The normalized spacial score (nSPS) is 11.0. The van der Waals surface area contributed by atoms with E-state index in [1.54, 1.807) is 21.0 Å². The third-order valence-electron chi connectivity index (χ3n) is 3.14. The van der Waals surface area contributed by atoms with Crippen LogP contribution in [0.15, 0.2) is 41.5 Å². The fraction of sp³-hybridized carbons (Fsp3) is 0.235. The van der Waals surface area contributed by atoms with E-state index in [-0.39, 0.29) is 6.04 Å². The Morgan fingerprint density at radius 2 is 1.87 bits per heavy atom. The Kier molecular flexibility index (Phi) is 5.30. The maximum absolute atomic E-state index is 11.6. The molecule has 0 radical (unpaired) electrons. The molecule has 0 aliphatic rings. The zero-order chi connectivity index (χ0) is 16.8. The first-order chi connectivity index (χ1) is 11.0. The summed E-state index contributed by atoms with van der Waals surface area (Å²) in [6.07, 6.45) is 1.47. The van der Waals surface area contributed by atoms with Gasteiger partial charge in [-0.05, 0) is 30.7 Å². The topological polar surface area (TPSA) is 79.8 Å². The molecule has 2 rings (SSSR count). The molecular weight excluding hydrogens is 294 g/mol. The molecule has 2 aromatic carbocycles. The van der Waals surface area contributed by atoms with Gasteiger partial charge >= 0.3 is 11.8 Å². The molecule has 0 saturated carbocycles. The fourth-order valence-electron chi connectivity index (χ4n) is 2.12. The van der Waals surface area contributed by atoms with Gasteiger partial charge in [-0.1, -0.05) is 30.3 Å². The molecule has 6 heteroatoms. The molecule has 0 aromatic heterocycles. The number of carbonyl (C=O) groups excluding carboxylic acids is 2. The quantitative estimate of drug-likeness (QED) is 0.513. The van der Waals surface area contributed by atoms with Crippen molar-refractivity contribution >= 4 is 28.8 Å². The first kappa shape index (κ1) is 16.5. The minimum absolute atomic E-state index is 0.115. The van der Waals surface area contributed by atoms with Crippen LogP contribution < -0.4 is 15.5 Å². The molecule has 23 heavy (non-hydrogen) atoms. The molecule has 120 valence electrons. The van der Waals surface area contributed by atoms with Crippen molar-refractivity contribution in [2.24, 2.45) is 5.10 Å². The summed E-state index contributed by atoms with van der Waals surface area (Å²) in [5, 5.41) is 8.32. The van der Waals surface area contributed by atoms with Gasteiger partial charge in [-0.25, -0.2) is 5.43 Å². The molecule has 0 heterocycles. The maximum atomic E-state index is 11.6. The molecule has 0 atom stereocenters. The van der Waals surface area contributed by atoms with Crippen LogP contribution in [-0.2, 0) is 9.59 Å². The highest BCUT2D eigenvalue weighted by Crippen LogP contribution is 2.26. The summed E-state index contributed by atoms with van der Waals surface area (Å²) >= 11 is 0. The van der Waals surface area contributed by atoms with Gasteiger partial charge in [-0.3, -0.25) is 9.59 Å². The van der Waals surface area contributed by atoms with E-state index in [0.717, 1.165) is 16.3 Å². The predicted octanol–water partition coefficient (Wildman–Crippen LogP) is 1.82. The zero-order valence-corrected chi connectivity index (χ0v) is 13.3. The summed E-state index contributed by atoms with van der Waals surface area (Å²) < 4.78 is 5.33. The molecule has 2 amide bonds. The fourth-order valence-corrected chi connectivity index (χ4v) is 2.12. The number of fused-ring (bicyclic) bond motifs is 1. The highest BCUT2D eigenvalue weighted by Gasteiger charge is 2.13. The van der Waals surface area contributed by atoms with E-state index in [1.165, 1.54) is 6.21 Å². The Hall–Kier alpha value is -2.89. The molecular formula is C17H19N3O3. The number of hydrogen-bond acceptors (Lipinski definition) is 4. The summed E-state index contributed by atoms with van der Waals surface area (Å²) in [6.45, 7) is 3.55. The molecule has 6 nitrogen and oxygen atoms in total. The number of hydrogen-bond donors (Lipinski definition) is 2. The predicted molar refractivity (Wildman–Crippen MR) is 89.5 cm³/mol. The Balaban J connectivity index is 2.21. The summed E-state index contributed by atoms with van der Waals surface area (Å²) in [6, 6.07) is 11.4. The van der Waals surface area contributed by atoms with Crippen molar-refractivity contribution in [2.45, 2.75) is 19.9 Å². The van der Waals surface area contributed by atoms with Crippen LogP contribution in [0.25, 0.3) is 10.8 Å². The van der Waals surface area contributed by atoms with E-state index >= 15 is 0 Å². The average molecular weight is 313 g/mol. The van der Waals surface area contributed by atoms with E-state index in [1.807, 2.05) is 36.4 Å². The number of carbonyl (C=O) groups is 2. The molecule has 2 aromatic rings. The lowest BCUT2D eigenvalue weighted by molar-refractivity contribution is -0.139. The van der Waals surface area contributed by atoms with E-state index in [9.17, 15) is 9.59 Å². The molecule has 0 spiro atoms. The summed E-state index contributed by atoms with van der Waals surface area (Å²) in [4.78, 5) is 23.1. The van der Waals surface area contributed by atoms with Gasteiger partial charge in [0.1, 0.15) is 5.75 Å². The lowest BCUT2D eigenvalue weighted by Crippen LogP contribution is -2.41. The summed E-state index contributed by atoms with van der Waals surface area (Å²) in [5.74, 6) is -0.899. The third kappa shape index (κ3) is 4.06. The number of methoxy groups -OCH3 is 1. The van der Waals surface area contributed by atoms with Crippen LogP contribution in [0, 0.1) is 0 Å². The Bertz CT molecular complexity index is 754. The Morgan fingerprint density at radius 1 is 1.13 bits per heavy atom. The number of ether oxygens (including phenoxy) is 1. The van der Waals surface area contributed by atoms with E-state index in [4.69, 9.17) is 4.74 Å². The second-order valence-electron chi connectivity index (χ2n) is 5.23. The van der Waals surface area contributed by atoms with Crippen molar-refractivity contribution in [3.63, 3.8) is 0 Å². The first-order valence-corrected chi connectivity index (χ1v) is 7.22. The highest BCUT2D eigenvalue weighted by atomic mass is 16.5. The summed E-state index contributed by atoms with van der Waals surface area (Å²) in [5.41, 5.74) is 2.95. The minimum atomic E-state index is -0.811. The molecule has 0 unspecified atom stereocenters. The minimum Gasteiger partial charge on any atom is -0.496 e. The van der Waals surface area contributed by atoms with Crippen LogP contribution in [0.1, 0.15) is 19.4 Å². The van der Waals surface area contributed by atoms with Gasteiger partial charge in [-0.2, -0.15) is 5.10 Å². The van der Waals surface area contributed by atoms with Crippen LogP contribution in [0.2, 0.25) is 0 Å². The van der Waals surface area contributed by atoms with Gasteiger partial charge in [-0.15, -0.1) is 0 Å². The SMILES string of the molecule is COc1ccc2ccccc2c1/C=N\NC(=O)C(=O)NC(C)C. The number of hydrazone groups is 1. The lowest BCUT2D eigenvalue weighted by Gasteiger charge is -2.08. The van der Waals surface area contributed by atoms with Crippen molar-refractivity contribution in [3.8, 4) is 5.75 Å². The first-order valence-electron chi connectivity index (χ1n) is 7.22. The van der Waals surface area contributed by atoms with Gasteiger partial charge in [0.05, 0.1) is 13.3 Å². The summed E-state index contributed by atoms with van der Waals surface area (Å²) in [7, 11) is 1.57. The molecule has 2 N–H and O–H groups in total. The number of amides is 2. The largest absolute Gasteiger partial charge is 0.496 e. The molecule has 0 fully saturated rings. The van der Waals surface area contributed by atoms with Crippen LogP contribution in [-0.4, -0.2) is 31.2 Å². The van der Waals surface area contributed by atoms with Crippen molar-refractivity contribution in [3.05, 3.63) is 42.0 Å². The number of benzene rings is 2. The number of nitrogens with zero attached hydrogens (tertiary/aromatic N) is 1. The molecule has 0 saturated heterocycles. The van der Waals surface area contributed by atoms with Crippen molar-refractivity contribution in [1.82, 2.24) is 10.7 Å². The van der Waals surface area contributed by atoms with Crippen molar-refractivity contribution in [2.75, 3.05) is 7.11 Å².